The molecule has 5 nitrogen and oxygen atoms in total. The number of H-pyrrole nitrogens is 1. The first kappa shape index (κ1) is 18.5. The number of aromatic amines is 1. The van der Waals surface area contributed by atoms with Crippen molar-refractivity contribution in [2.24, 2.45) is 0 Å². The molecular formula is C19H29N3O2. The van der Waals surface area contributed by atoms with E-state index in [9.17, 15) is 4.79 Å². The number of aryl methyl sites for hydroxylation is 1. The van der Waals surface area contributed by atoms with E-state index in [0.717, 1.165) is 36.2 Å². The number of nitrogens with zero attached hydrogens (tertiary/aromatic N) is 2. The Morgan fingerprint density at radius 2 is 1.92 bits per heavy atom. The van der Waals surface area contributed by atoms with Crippen molar-refractivity contribution >= 4 is 17.0 Å². The summed E-state index contributed by atoms with van der Waals surface area (Å²) in [5.41, 5.74) is 2.35. The van der Waals surface area contributed by atoms with Crippen molar-refractivity contribution in [3.63, 3.8) is 0 Å². The van der Waals surface area contributed by atoms with Crippen molar-refractivity contribution in [2.75, 3.05) is 26.7 Å². The minimum atomic E-state index is -0.319. The van der Waals surface area contributed by atoms with Gasteiger partial charge >= 0.3 is 5.97 Å². The predicted octanol–water partition coefficient (Wildman–Crippen LogP) is 3.79. The summed E-state index contributed by atoms with van der Waals surface area (Å²) in [7, 11) is 1.39. The van der Waals surface area contributed by atoms with E-state index in [4.69, 9.17) is 4.74 Å². The van der Waals surface area contributed by atoms with E-state index in [0.29, 0.717) is 5.56 Å². The average Bonchev–Trinajstić information content (AvgIpc) is 3.00. The number of hydrogen-bond donors (Lipinski definition) is 1. The quantitative estimate of drug-likeness (QED) is 0.531. The van der Waals surface area contributed by atoms with Crippen LogP contribution in [0.15, 0.2) is 18.2 Å². The highest BCUT2D eigenvalue weighted by Crippen LogP contribution is 2.15. The number of imidazole rings is 1. The average molecular weight is 331 g/mol. The largest absolute Gasteiger partial charge is 0.465 e. The molecule has 0 saturated heterocycles. The van der Waals surface area contributed by atoms with Gasteiger partial charge in [0, 0.05) is 6.42 Å². The van der Waals surface area contributed by atoms with E-state index in [2.05, 4.69) is 28.7 Å². The zero-order valence-corrected chi connectivity index (χ0v) is 15.1. The molecule has 1 N–H and O–H groups in total. The van der Waals surface area contributed by atoms with E-state index in [-0.39, 0.29) is 5.97 Å². The molecule has 0 aliphatic carbocycles. The van der Waals surface area contributed by atoms with E-state index in [1.807, 2.05) is 12.1 Å². The molecule has 0 fully saturated rings. The number of hydrogen-bond acceptors (Lipinski definition) is 4. The van der Waals surface area contributed by atoms with Gasteiger partial charge in [0.2, 0.25) is 0 Å². The first-order chi connectivity index (χ1) is 11.7. The number of methoxy groups -OCH3 is 1. The number of nitrogens with one attached hydrogen (secondary N) is 1. The predicted molar refractivity (Wildman–Crippen MR) is 97.4 cm³/mol. The minimum Gasteiger partial charge on any atom is -0.465 e. The van der Waals surface area contributed by atoms with Crippen LogP contribution in [0.1, 0.15) is 55.7 Å². The van der Waals surface area contributed by atoms with Gasteiger partial charge in [0.05, 0.1) is 23.7 Å². The number of fused-ring (bicyclic) bond motifs is 1. The third-order valence-corrected chi connectivity index (χ3v) is 4.17. The molecule has 5 heteroatoms. The second-order valence-corrected chi connectivity index (χ2v) is 6.21. The summed E-state index contributed by atoms with van der Waals surface area (Å²) >= 11 is 0. The van der Waals surface area contributed by atoms with E-state index >= 15 is 0 Å². The Bertz CT molecular complexity index is 645. The van der Waals surface area contributed by atoms with Crippen molar-refractivity contribution in [1.82, 2.24) is 14.9 Å². The summed E-state index contributed by atoms with van der Waals surface area (Å²) in [6, 6.07) is 5.43. The van der Waals surface area contributed by atoms with Gasteiger partial charge in [0.1, 0.15) is 5.82 Å². The summed E-state index contributed by atoms with van der Waals surface area (Å²) in [4.78, 5) is 22.1. The van der Waals surface area contributed by atoms with E-state index < -0.39 is 0 Å². The maximum Gasteiger partial charge on any atom is 0.337 e. The van der Waals surface area contributed by atoms with Crippen molar-refractivity contribution in [3.05, 3.63) is 29.6 Å². The molecular weight excluding hydrogens is 302 g/mol. The van der Waals surface area contributed by atoms with Crippen molar-refractivity contribution in [2.45, 2.75) is 46.0 Å². The number of unbranched alkanes of at least 4 members (excludes halogenated alkanes) is 1. The van der Waals surface area contributed by atoms with E-state index in [1.165, 1.54) is 39.5 Å². The van der Waals surface area contributed by atoms with Crippen LogP contribution in [0.25, 0.3) is 11.0 Å². The van der Waals surface area contributed by atoms with Crippen LogP contribution in [0.2, 0.25) is 0 Å². The van der Waals surface area contributed by atoms with Crippen molar-refractivity contribution < 1.29 is 9.53 Å². The molecule has 0 aliphatic heterocycles. The minimum absolute atomic E-state index is 0.319. The molecule has 24 heavy (non-hydrogen) atoms. The second-order valence-electron chi connectivity index (χ2n) is 6.21. The number of esters is 1. The molecule has 0 atom stereocenters. The zero-order valence-electron chi connectivity index (χ0n) is 15.1. The molecule has 0 unspecified atom stereocenters. The summed E-state index contributed by atoms with van der Waals surface area (Å²) in [5.74, 6) is 0.671. The number of ether oxygens (including phenoxy) is 1. The Morgan fingerprint density at radius 3 is 2.58 bits per heavy atom. The van der Waals surface area contributed by atoms with Gasteiger partial charge in [-0.2, -0.15) is 0 Å². The standard InChI is InChI=1S/C19H29N3O2/c1-4-11-22(12-5-2)13-7-6-8-18-20-16-10-9-15(19(23)24-3)14-17(16)21-18/h9-10,14H,4-8,11-13H2,1-3H3,(H,20,21). The number of aromatic nitrogens is 2. The van der Waals surface area contributed by atoms with Crippen LogP contribution in [0, 0.1) is 0 Å². The molecule has 0 spiro atoms. The molecule has 0 bridgehead atoms. The van der Waals surface area contributed by atoms with Gasteiger partial charge in [-0.3, -0.25) is 0 Å². The number of rotatable bonds is 10. The highest BCUT2D eigenvalue weighted by atomic mass is 16.5. The normalized spacial score (nSPS) is 11.3. The summed E-state index contributed by atoms with van der Waals surface area (Å²) < 4.78 is 4.76. The Balaban J connectivity index is 1.87. The van der Waals surface area contributed by atoms with Gasteiger partial charge in [-0.25, -0.2) is 9.78 Å². The Morgan fingerprint density at radius 1 is 1.17 bits per heavy atom. The van der Waals surface area contributed by atoms with Crippen LogP contribution >= 0.6 is 0 Å². The van der Waals surface area contributed by atoms with Gasteiger partial charge in [-0.05, 0) is 63.5 Å². The van der Waals surface area contributed by atoms with Gasteiger partial charge < -0.3 is 14.6 Å². The van der Waals surface area contributed by atoms with Crippen LogP contribution in [0.5, 0.6) is 0 Å². The van der Waals surface area contributed by atoms with E-state index in [1.54, 1.807) is 6.07 Å². The molecule has 1 heterocycles. The highest BCUT2D eigenvalue weighted by molar-refractivity contribution is 5.93. The first-order valence-electron chi connectivity index (χ1n) is 8.97. The van der Waals surface area contributed by atoms with Gasteiger partial charge in [0.25, 0.3) is 0 Å². The number of carbonyl (C=O) groups is 1. The lowest BCUT2D eigenvalue weighted by molar-refractivity contribution is 0.0601. The smallest absolute Gasteiger partial charge is 0.337 e. The zero-order chi connectivity index (χ0) is 17.4. The summed E-state index contributed by atoms with van der Waals surface area (Å²) in [5, 5.41) is 0. The summed E-state index contributed by atoms with van der Waals surface area (Å²) in [6.07, 6.45) is 5.67. The Kier molecular flexibility index (Phi) is 7.25. The van der Waals surface area contributed by atoms with Crippen LogP contribution in [0.3, 0.4) is 0 Å². The lowest BCUT2D eigenvalue weighted by Crippen LogP contribution is -2.26. The van der Waals surface area contributed by atoms with Crippen molar-refractivity contribution in [1.29, 1.82) is 0 Å². The topological polar surface area (TPSA) is 58.2 Å². The maximum atomic E-state index is 11.6. The summed E-state index contributed by atoms with van der Waals surface area (Å²) in [6.45, 7) is 8.01. The highest BCUT2D eigenvalue weighted by Gasteiger charge is 2.09. The van der Waals surface area contributed by atoms with Gasteiger partial charge in [-0.1, -0.05) is 13.8 Å². The van der Waals surface area contributed by atoms with Crippen LogP contribution in [-0.2, 0) is 11.2 Å². The first-order valence-corrected chi connectivity index (χ1v) is 8.97. The Labute approximate surface area is 144 Å². The fourth-order valence-electron chi connectivity index (χ4n) is 3.02. The third-order valence-electron chi connectivity index (χ3n) is 4.17. The molecule has 0 amide bonds. The monoisotopic (exact) mass is 331 g/mol. The molecule has 1 aromatic carbocycles. The molecule has 2 aromatic rings. The molecule has 132 valence electrons. The number of carbonyl (C=O) groups excluding carboxylic acids is 1. The van der Waals surface area contributed by atoms with Gasteiger partial charge in [-0.15, -0.1) is 0 Å². The fourth-order valence-corrected chi connectivity index (χ4v) is 3.02. The molecule has 0 saturated carbocycles. The number of benzene rings is 1. The van der Waals surface area contributed by atoms with Crippen LogP contribution in [-0.4, -0.2) is 47.6 Å². The van der Waals surface area contributed by atoms with Crippen LogP contribution < -0.4 is 0 Å². The third kappa shape index (κ3) is 5.06. The second kappa shape index (κ2) is 9.42. The van der Waals surface area contributed by atoms with Crippen molar-refractivity contribution in [3.8, 4) is 0 Å². The lowest BCUT2D eigenvalue weighted by atomic mass is 10.2. The molecule has 1 aromatic heterocycles. The molecule has 2 rings (SSSR count). The maximum absolute atomic E-state index is 11.6. The lowest BCUT2D eigenvalue weighted by Gasteiger charge is -2.20. The van der Waals surface area contributed by atoms with Crippen LogP contribution in [0.4, 0.5) is 0 Å². The fraction of sp³-hybridized carbons (Fsp3) is 0.579. The Hall–Kier alpha value is -1.88. The van der Waals surface area contributed by atoms with Gasteiger partial charge in [0.15, 0.2) is 0 Å². The SMILES string of the molecule is CCCN(CCC)CCCCc1nc2ccc(C(=O)OC)cc2[nH]1. The molecule has 0 aliphatic rings. The molecule has 0 radical (unpaired) electrons.